The maximum absolute atomic E-state index is 11.9. The predicted molar refractivity (Wildman–Crippen MR) is 65.2 cm³/mol. The Morgan fingerprint density at radius 2 is 1.94 bits per heavy atom. The fourth-order valence-electron chi connectivity index (χ4n) is 1.62. The normalized spacial score (nSPS) is 10.7. The molecule has 0 saturated heterocycles. The van der Waals surface area contributed by atoms with Gasteiger partial charge in [-0.2, -0.15) is 0 Å². The van der Waals surface area contributed by atoms with Crippen LogP contribution in [0.5, 0.6) is 0 Å². The van der Waals surface area contributed by atoms with Crippen molar-refractivity contribution in [3.63, 3.8) is 0 Å². The second-order valence-corrected chi connectivity index (χ2v) is 4.00. The first-order chi connectivity index (χ1) is 7.54. The van der Waals surface area contributed by atoms with Gasteiger partial charge >= 0.3 is 0 Å². The minimum absolute atomic E-state index is 0.242. The second kappa shape index (κ2) is 3.72. The van der Waals surface area contributed by atoms with Crippen LogP contribution >= 0.6 is 11.6 Å². The van der Waals surface area contributed by atoms with Gasteiger partial charge in [-0.1, -0.05) is 23.7 Å². The van der Waals surface area contributed by atoms with E-state index in [1.165, 1.54) is 4.68 Å². The molecule has 5 heteroatoms. The molecule has 2 aromatic rings. The monoisotopic (exact) mass is 237 g/mol. The number of nitrogen functional groups attached to an aromatic ring is 1. The van der Waals surface area contributed by atoms with Crippen LogP contribution in [0.25, 0.3) is 5.69 Å². The summed E-state index contributed by atoms with van der Waals surface area (Å²) in [4.78, 5) is 11.9. The number of halogens is 1. The van der Waals surface area contributed by atoms with Crippen LogP contribution in [0.15, 0.2) is 29.1 Å². The van der Waals surface area contributed by atoms with Crippen LogP contribution in [0.4, 0.5) is 5.69 Å². The van der Waals surface area contributed by atoms with Gasteiger partial charge in [-0.05, 0) is 19.1 Å². The molecular formula is C11H12ClN3O. The van der Waals surface area contributed by atoms with E-state index in [0.29, 0.717) is 10.7 Å². The van der Waals surface area contributed by atoms with Gasteiger partial charge in [-0.15, -0.1) is 0 Å². The topological polar surface area (TPSA) is 53.0 Å². The highest BCUT2D eigenvalue weighted by atomic mass is 35.5. The van der Waals surface area contributed by atoms with Gasteiger partial charge in [0, 0.05) is 7.05 Å². The van der Waals surface area contributed by atoms with Crippen LogP contribution in [0.1, 0.15) is 5.69 Å². The van der Waals surface area contributed by atoms with Crippen LogP contribution < -0.4 is 11.3 Å². The van der Waals surface area contributed by atoms with Crippen molar-refractivity contribution < 1.29 is 0 Å². The van der Waals surface area contributed by atoms with Crippen LogP contribution in [-0.2, 0) is 7.05 Å². The minimum Gasteiger partial charge on any atom is -0.393 e. The Labute approximate surface area is 97.8 Å². The standard InChI is InChI=1S/C11H12ClN3O/c1-7-10(13)11(16)15(14(7)2)9-6-4-3-5-8(9)12/h3-6H,13H2,1-2H3. The molecule has 1 aromatic heterocycles. The van der Waals surface area contributed by atoms with Crippen LogP contribution in [-0.4, -0.2) is 9.36 Å². The number of para-hydroxylation sites is 1. The first-order valence-electron chi connectivity index (χ1n) is 4.83. The molecule has 0 saturated carbocycles. The van der Waals surface area contributed by atoms with E-state index in [1.807, 2.05) is 12.1 Å². The zero-order chi connectivity index (χ0) is 11.9. The summed E-state index contributed by atoms with van der Waals surface area (Å²) in [5.41, 5.74) is 7.07. The Kier molecular flexibility index (Phi) is 2.52. The third-order valence-corrected chi connectivity index (χ3v) is 3.00. The highest BCUT2D eigenvalue weighted by Gasteiger charge is 2.14. The van der Waals surface area contributed by atoms with Gasteiger partial charge < -0.3 is 5.73 Å². The van der Waals surface area contributed by atoms with Crippen molar-refractivity contribution >= 4 is 17.3 Å². The van der Waals surface area contributed by atoms with Crippen molar-refractivity contribution in [1.29, 1.82) is 0 Å². The second-order valence-electron chi connectivity index (χ2n) is 3.59. The van der Waals surface area contributed by atoms with Crippen molar-refractivity contribution in [3.05, 3.63) is 45.3 Å². The van der Waals surface area contributed by atoms with Gasteiger partial charge in [0.2, 0.25) is 0 Å². The van der Waals surface area contributed by atoms with Crippen LogP contribution in [0, 0.1) is 6.92 Å². The predicted octanol–water partition coefficient (Wildman–Crippen LogP) is 1.72. The summed E-state index contributed by atoms with van der Waals surface area (Å²) in [6, 6.07) is 7.16. The molecular weight excluding hydrogens is 226 g/mol. The highest BCUT2D eigenvalue weighted by molar-refractivity contribution is 6.32. The maximum Gasteiger partial charge on any atom is 0.294 e. The summed E-state index contributed by atoms with van der Waals surface area (Å²) in [6.45, 7) is 1.80. The lowest BCUT2D eigenvalue weighted by Crippen LogP contribution is -2.20. The average molecular weight is 238 g/mol. The quantitative estimate of drug-likeness (QED) is 0.821. The number of nitrogens with zero attached hydrogens (tertiary/aromatic N) is 2. The van der Waals surface area contributed by atoms with Crippen molar-refractivity contribution in [2.24, 2.45) is 7.05 Å². The molecule has 0 radical (unpaired) electrons. The number of benzene rings is 1. The summed E-state index contributed by atoms with van der Waals surface area (Å²) in [7, 11) is 1.77. The van der Waals surface area contributed by atoms with E-state index in [4.69, 9.17) is 17.3 Å². The van der Waals surface area contributed by atoms with E-state index in [-0.39, 0.29) is 11.2 Å². The summed E-state index contributed by atoms with van der Waals surface area (Å²) in [6.07, 6.45) is 0. The Hall–Kier alpha value is -1.68. The third-order valence-electron chi connectivity index (χ3n) is 2.68. The Bertz CT molecular complexity index is 598. The fourth-order valence-corrected chi connectivity index (χ4v) is 1.84. The number of nitrogens with two attached hydrogens (primary N) is 1. The van der Waals surface area contributed by atoms with Crippen molar-refractivity contribution in [2.75, 3.05) is 5.73 Å². The lowest BCUT2D eigenvalue weighted by Gasteiger charge is -2.09. The molecule has 0 spiro atoms. The number of hydrogen-bond donors (Lipinski definition) is 1. The van der Waals surface area contributed by atoms with E-state index in [0.717, 1.165) is 5.69 Å². The molecule has 0 bridgehead atoms. The molecule has 16 heavy (non-hydrogen) atoms. The van der Waals surface area contributed by atoms with Crippen LogP contribution in [0.2, 0.25) is 5.02 Å². The van der Waals surface area contributed by atoms with Gasteiger partial charge in [0.25, 0.3) is 5.56 Å². The molecule has 84 valence electrons. The van der Waals surface area contributed by atoms with Gasteiger partial charge in [-0.3, -0.25) is 9.48 Å². The molecule has 1 aromatic carbocycles. The molecule has 0 aliphatic rings. The SMILES string of the molecule is Cc1c(N)c(=O)n(-c2ccccc2Cl)n1C. The molecule has 2 N–H and O–H groups in total. The average Bonchev–Trinajstić information content (AvgIpc) is 2.45. The number of anilines is 1. The Morgan fingerprint density at radius 3 is 2.44 bits per heavy atom. The fraction of sp³-hybridized carbons (Fsp3) is 0.182. The number of hydrogen-bond acceptors (Lipinski definition) is 2. The maximum atomic E-state index is 11.9. The molecule has 4 nitrogen and oxygen atoms in total. The smallest absolute Gasteiger partial charge is 0.294 e. The molecule has 0 aliphatic heterocycles. The van der Waals surface area contributed by atoms with E-state index >= 15 is 0 Å². The Morgan fingerprint density at radius 1 is 1.31 bits per heavy atom. The summed E-state index contributed by atoms with van der Waals surface area (Å²) >= 11 is 6.05. The van der Waals surface area contributed by atoms with E-state index in [9.17, 15) is 4.79 Å². The van der Waals surface area contributed by atoms with Gasteiger partial charge in [-0.25, -0.2) is 4.68 Å². The van der Waals surface area contributed by atoms with Crippen molar-refractivity contribution in [1.82, 2.24) is 9.36 Å². The summed E-state index contributed by atoms with van der Waals surface area (Å²) < 4.78 is 3.16. The molecule has 0 amide bonds. The molecule has 1 heterocycles. The molecule has 0 aliphatic carbocycles. The van der Waals surface area contributed by atoms with Gasteiger partial charge in [0.15, 0.2) is 0 Å². The zero-order valence-electron chi connectivity index (χ0n) is 9.07. The lowest BCUT2D eigenvalue weighted by atomic mass is 10.3. The lowest BCUT2D eigenvalue weighted by molar-refractivity contribution is 0.630. The van der Waals surface area contributed by atoms with Crippen LogP contribution in [0.3, 0.4) is 0 Å². The first-order valence-corrected chi connectivity index (χ1v) is 5.21. The molecule has 2 rings (SSSR count). The number of aromatic nitrogens is 2. The largest absolute Gasteiger partial charge is 0.393 e. The molecule has 0 atom stereocenters. The molecule has 0 unspecified atom stereocenters. The highest BCUT2D eigenvalue weighted by Crippen LogP contribution is 2.19. The van der Waals surface area contributed by atoms with Crippen molar-refractivity contribution in [2.45, 2.75) is 6.92 Å². The Balaban J connectivity index is 2.80. The van der Waals surface area contributed by atoms with E-state index < -0.39 is 0 Å². The summed E-state index contributed by atoms with van der Waals surface area (Å²) in [5.74, 6) is 0. The number of rotatable bonds is 1. The van der Waals surface area contributed by atoms with Crippen molar-refractivity contribution in [3.8, 4) is 5.69 Å². The van der Waals surface area contributed by atoms with E-state index in [1.54, 1.807) is 30.8 Å². The van der Waals surface area contributed by atoms with Gasteiger partial charge in [0.05, 0.1) is 16.4 Å². The first kappa shape index (κ1) is 10.8. The minimum atomic E-state index is -0.242. The van der Waals surface area contributed by atoms with E-state index in [2.05, 4.69) is 0 Å². The molecule has 0 fully saturated rings. The zero-order valence-corrected chi connectivity index (χ0v) is 9.82. The summed E-state index contributed by atoms with van der Waals surface area (Å²) in [5, 5.41) is 0.519. The third kappa shape index (κ3) is 1.42. The van der Waals surface area contributed by atoms with Gasteiger partial charge in [0.1, 0.15) is 5.69 Å².